The van der Waals surface area contributed by atoms with Crippen molar-refractivity contribution in [3.8, 4) is 5.75 Å². The molecule has 2 aromatic rings. The first kappa shape index (κ1) is 26.4. The maximum atomic E-state index is 13.3. The Bertz CT molecular complexity index is 1020. The minimum absolute atomic E-state index is 0.218. The second-order valence-corrected chi connectivity index (χ2v) is 9.08. The van der Waals surface area contributed by atoms with Gasteiger partial charge >= 0.3 is 6.03 Å². The Morgan fingerprint density at radius 2 is 1.74 bits per heavy atom. The topological polar surface area (TPSA) is 93.9 Å². The molecule has 3 rings (SSSR count). The van der Waals surface area contributed by atoms with E-state index in [0.29, 0.717) is 31.6 Å². The van der Waals surface area contributed by atoms with E-state index in [1.54, 1.807) is 13.2 Å². The number of hydrogen-bond acceptors (Lipinski definition) is 5. The molecule has 1 saturated heterocycles. The van der Waals surface area contributed by atoms with Crippen LogP contribution < -0.4 is 15.8 Å². The zero-order valence-electron chi connectivity index (χ0n) is 21.1. The van der Waals surface area contributed by atoms with Gasteiger partial charge in [-0.05, 0) is 49.4 Å². The third kappa shape index (κ3) is 5.41. The van der Waals surface area contributed by atoms with Gasteiger partial charge in [0, 0.05) is 7.11 Å². The second-order valence-electron chi connectivity index (χ2n) is 9.08. The average Bonchev–Trinajstić information content (AvgIpc) is 2.85. The normalized spacial score (nSPS) is 18.4. The number of imide groups is 1. The lowest BCUT2D eigenvalue weighted by molar-refractivity contribution is -0.191. The summed E-state index contributed by atoms with van der Waals surface area (Å²) in [5.41, 5.74) is 8.36. The number of ether oxygens (including phenoxy) is 2. The molecule has 7 nitrogen and oxygen atoms in total. The van der Waals surface area contributed by atoms with Gasteiger partial charge in [0.25, 0.3) is 0 Å². The molecular weight excluding hydrogens is 442 g/mol. The molecule has 3 atom stereocenters. The molecule has 7 heteroatoms. The highest BCUT2D eigenvalue weighted by atomic mass is 16.5. The van der Waals surface area contributed by atoms with Crippen LogP contribution in [0.2, 0.25) is 0 Å². The van der Waals surface area contributed by atoms with Gasteiger partial charge in [-0.1, -0.05) is 61.9 Å². The monoisotopic (exact) mass is 479 g/mol. The van der Waals surface area contributed by atoms with Gasteiger partial charge in [0.1, 0.15) is 11.2 Å². The predicted octanol–water partition coefficient (Wildman–Crippen LogP) is 5.02. The number of urea groups is 1. The molecule has 1 aliphatic rings. The first-order valence-electron chi connectivity index (χ1n) is 12.1. The Labute approximate surface area is 208 Å². The van der Waals surface area contributed by atoms with Crippen LogP contribution in [0.25, 0.3) is 0 Å². The van der Waals surface area contributed by atoms with Crippen molar-refractivity contribution in [2.75, 3.05) is 13.7 Å². The summed E-state index contributed by atoms with van der Waals surface area (Å²) in [5, 5.41) is 3.01. The van der Waals surface area contributed by atoms with Crippen molar-refractivity contribution < 1.29 is 19.1 Å². The molecule has 0 bridgehead atoms. The van der Waals surface area contributed by atoms with Crippen molar-refractivity contribution in [3.05, 3.63) is 77.9 Å². The molecule has 1 heterocycles. The van der Waals surface area contributed by atoms with Crippen molar-refractivity contribution in [3.63, 3.8) is 0 Å². The third-order valence-electron chi connectivity index (χ3n) is 6.91. The number of methoxy groups -OCH3 is 1. The van der Waals surface area contributed by atoms with Crippen molar-refractivity contribution in [1.29, 1.82) is 0 Å². The molecule has 188 valence electrons. The Kier molecular flexibility index (Phi) is 8.70. The average molecular weight is 480 g/mol. The number of β-lactam (4-membered cyclic amide) rings is 1. The molecule has 1 aliphatic heterocycles. The summed E-state index contributed by atoms with van der Waals surface area (Å²) in [4.78, 5) is 27.8. The number of benzene rings is 2. The molecule has 1 fully saturated rings. The van der Waals surface area contributed by atoms with E-state index in [0.717, 1.165) is 16.7 Å². The van der Waals surface area contributed by atoms with Crippen LogP contribution in [0.1, 0.15) is 61.9 Å². The van der Waals surface area contributed by atoms with E-state index in [9.17, 15) is 9.59 Å². The Balaban J connectivity index is 1.81. The highest BCUT2D eigenvalue weighted by Gasteiger charge is 2.63. The Morgan fingerprint density at radius 3 is 2.29 bits per heavy atom. The number of carbonyl (C=O) groups excluding carboxylic acids is 2. The molecular formula is C28H37N3O4. The number of nitrogens with two attached hydrogens (primary N) is 1. The van der Waals surface area contributed by atoms with E-state index < -0.39 is 17.7 Å². The molecule has 3 N–H and O–H groups in total. The van der Waals surface area contributed by atoms with Gasteiger partial charge in [-0.25, -0.2) is 9.69 Å². The van der Waals surface area contributed by atoms with Crippen molar-refractivity contribution in [2.24, 2.45) is 11.1 Å². The number of hydrogen-bond donors (Lipinski definition) is 2. The number of nitrogens with zero attached hydrogens (tertiary/aromatic N) is 1. The summed E-state index contributed by atoms with van der Waals surface area (Å²) < 4.78 is 11.4. The molecule has 3 amide bonds. The van der Waals surface area contributed by atoms with Crippen molar-refractivity contribution in [2.45, 2.75) is 58.3 Å². The van der Waals surface area contributed by atoms with E-state index in [2.05, 4.69) is 11.9 Å². The van der Waals surface area contributed by atoms with Gasteiger partial charge in [-0.2, -0.15) is 0 Å². The SMILES string of the molecule is C=CC[C@@H](NC(=O)N1C(=O)C(CC)(CC)C1Oc1ccc([C@H](N)COC)cc1)c1ccc(C)cc1. The van der Waals surface area contributed by atoms with Gasteiger partial charge in [0.15, 0.2) is 6.23 Å². The number of nitrogens with one attached hydrogen (secondary N) is 1. The maximum Gasteiger partial charge on any atom is 0.327 e. The second kappa shape index (κ2) is 11.5. The summed E-state index contributed by atoms with van der Waals surface area (Å²) in [7, 11) is 1.61. The highest BCUT2D eigenvalue weighted by molar-refractivity contribution is 6.03. The summed E-state index contributed by atoms with van der Waals surface area (Å²) in [6.45, 7) is 10.1. The highest BCUT2D eigenvalue weighted by Crippen LogP contribution is 2.46. The summed E-state index contributed by atoms with van der Waals surface area (Å²) in [6, 6.07) is 14.3. The minimum Gasteiger partial charge on any atom is -0.469 e. The van der Waals surface area contributed by atoms with Crippen LogP contribution in [0, 0.1) is 12.3 Å². The quantitative estimate of drug-likeness (QED) is 0.349. The lowest BCUT2D eigenvalue weighted by Gasteiger charge is -2.53. The molecule has 0 aromatic heterocycles. The zero-order chi connectivity index (χ0) is 25.6. The van der Waals surface area contributed by atoms with E-state index in [1.807, 2.05) is 69.3 Å². The van der Waals surface area contributed by atoms with Crippen molar-refractivity contribution >= 4 is 11.9 Å². The van der Waals surface area contributed by atoms with E-state index >= 15 is 0 Å². The van der Waals surface area contributed by atoms with Crippen LogP contribution in [-0.2, 0) is 9.53 Å². The molecule has 1 unspecified atom stereocenters. The van der Waals surface area contributed by atoms with Crippen molar-refractivity contribution in [1.82, 2.24) is 10.2 Å². The van der Waals surface area contributed by atoms with Gasteiger partial charge in [0.2, 0.25) is 5.91 Å². The predicted molar refractivity (Wildman–Crippen MR) is 137 cm³/mol. The van der Waals surface area contributed by atoms with E-state index in [-0.39, 0.29) is 18.0 Å². The van der Waals surface area contributed by atoms with Crippen LogP contribution >= 0.6 is 0 Å². The van der Waals surface area contributed by atoms with Gasteiger partial charge in [-0.15, -0.1) is 6.58 Å². The van der Waals surface area contributed by atoms with Crippen LogP contribution in [0.3, 0.4) is 0 Å². The smallest absolute Gasteiger partial charge is 0.327 e. The Hall–Kier alpha value is -3.16. The fourth-order valence-corrected chi connectivity index (χ4v) is 4.56. The first-order chi connectivity index (χ1) is 16.8. The Morgan fingerprint density at radius 1 is 1.14 bits per heavy atom. The molecule has 2 aromatic carbocycles. The fourth-order valence-electron chi connectivity index (χ4n) is 4.56. The summed E-state index contributed by atoms with van der Waals surface area (Å²) in [6.07, 6.45) is 2.74. The van der Waals surface area contributed by atoms with E-state index in [1.165, 1.54) is 4.90 Å². The number of aryl methyl sites for hydroxylation is 1. The molecule has 35 heavy (non-hydrogen) atoms. The molecule has 0 spiro atoms. The molecule has 0 radical (unpaired) electrons. The van der Waals surface area contributed by atoms with Crippen LogP contribution in [0.4, 0.5) is 4.79 Å². The van der Waals surface area contributed by atoms with Gasteiger partial charge in [0.05, 0.1) is 18.7 Å². The van der Waals surface area contributed by atoms with Crippen LogP contribution in [-0.4, -0.2) is 36.8 Å². The summed E-state index contributed by atoms with van der Waals surface area (Å²) >= 11 is 0. The third-order valence-corrected chi connectivity index (χ3v) is 6.91. The van der Waals surface area contributed by atoms with Gasteiger partial charge < -0.3 is 20.5 Å². The zero-order valence-corrected chi connectivity index (χ0v) is 21.1. The fraction of sp³-hybridized carbons (Fsp3) is 0.429. The number of carbonyl (C=O) groups is 2. The summed E-state index contributed by atoms with van der Waals surface area (Å²) in [5.74, 6) is 0.353. The minimum atomic E-state index is -0.750. The lowest BCUT2D eigenvalue weighted by atomic mass is 9.72. The molecule has 0 aliphatic carbocycles. The van der Waals surface area contributed by atoms with Gasteiger partial charge in [-0.3, -0.25) is 4.79 Å². The number of amides is 3. The largest absolute Gasteiger partial charge is 0.469 e. The number of likely N-dealkylation sites (tertiary alicyclic amines) is 1. The first-order valence-corrected chi connectivity index (χ1v) is 12.1. The number of rotatable bonds is 11. The van der Waals surface area contributed by atoms with E-state index in [4.69, 9.17) is 15.2 Å². The standard InChI is InChI=1S/C28H37N3O4/c1-6-9-24(21-12-10-19(4)11-13-21)30-27(33)31-25(32)28(7-2,8-3)26(31)35-22-16-14-20(15-17-22)23(29)18-34-5/h6,10-17,23-24,26H,1,7-9,18,29H2,2-5H3,(H,30,33)/t23-,24-,26?/m1/s1. The molecule has 0 saturated carbocycles. The van der Waals surface area contributed by atoms with Crippen LogP contribution in [0.15, 0.2) is 61.2 Å². The van der Waals surface area contributed by atoms with Crippen LogP contribution in [0.5, 0.6) is 5.75 Å². The maximum absolute atomic E-state index is 13.3. The lowest BCUT2D eigenvalue weighted by Crippen LogP contribution is -2.73.